The van der Waals surface area contributed by atoms with E-state index in [0.29, 0.717) is 15.7 Å². The van der Waals surface area contributed by atoms with Crippen LogP contribution in [0.5, 0.6) is 0 Å². The second kappa shape index (κ2) is 4.85. The minimum atomic E-state index is -0.992. The Bertz CT molecular complexity index is 527. The number of aliphatic hydroxyl groups is 1. The highest BCUT2D eigenvalue weighted by Crippen LogP contribution is 2.28. The number of hydrogen-bond acceptors (Lipinski definition) is 2. The molecule has 0 heterocycles. The Hall–Kier alpha value is -1.39. The first-order chi connectivity index (χ1) is 8.09. The van der Waals surface area contributed by atoms with Crippen LogP contribution in [-0.4, -0.2) is 5.11 Å². The number of hydrogen-bond donors (Lipinski definition) is 2. The maximum absolute atomic E-state index is 13.8. The van der Waals surface area contributed by atoms with Crippen molar-refractivity contribution >= 4 is 21.6 Å². The second-order valence-corrected chi connectivity index (χ2v) is 4.57. The number of nitrogens with two attached hydrogens (primary N) is 1. The van der Waals surface area contributed by atoms with Gasteiger partial charge in [-0.3, -0.25) is 0 Å². The van der Waals surface area contributed by atoms with Gasteiger partial charge in [-0.1, -0.05) is 24.3 Å². The zero-order chi connectivity index (χ0) is 12.4. The summed E-state index contributed by atoms with van der Waals surface area (Å²) in [5.41, 5.74) is 7.01. The summed E-state index contributed by atoms with van der Waals surface area (Å²) in [6, 6.07) is 11.5. The van der Waals surface area contributed by atoms with Crippen LogP contribution in [0.1, 0.15) is 17.2 Å². The summed E-state index contributed by atoms with van der Waals surface area (Å²) in [6.07, 6.45) is -0.992. The van der Waals surface area contributed by atoms with Crippen molar-refractivity contribution in [2.45, 2.75) is 6.10 Å². The van der Waals surface area contributed by atoms with E-state index >= 15 is 0 Å². The van der Waals surface area contributed by atoms with E-state index in [0.717, 1.165) is 0 Å². The first kappa shape index (κ1) is 12.1. The van der Waals surface area contributed by atoms with Crippen LogP contribution < -0.4 is 5.73 Å². The second-order valence-electron chi connectivity index (χ2n) is 3.71. The zero-order valence-electron chi connectivity index (χ0n) is 8.90. The third-order valence-electron chi connectivity index (χ3n) is 2.53. The van der Waals surface area contributed by atoms with Crippen molar-refractivity contribution in [3.63, 3.8) is 0 Å². The average Bonchev–Trinajstić information content (AvgIpc) is 2.33. The molecule has 17 heavy (non-hydrogen) atoms. The molecule has 0 radical (unpaired) electrons. The molecule has 0 fully saturated rings. The molecule has 0 aliphatic carbocycles. The van der Waals surface area contributed by atoms with Gasteiger partial charge in [-0.25, -0.2) is 4.39 Å². The van der Waals surface area contributed by atoms with Gasteiger partial charge >= 0.3 is 0 Å². The summed E-state index contributed by atoms with van der Waals surface area (Å²) >= 11 is 3.09. The summed E-state index contributed by atoms with van der Waals surface area (Å²) in [5, 5.41) is 10.1. The molecule has 2 aromatic rings. The van der Waals surface area contributed by atoms with Crippen molar-refractivity contribution in [2.24, 2.45) is 0 Å². The third-order valence-corrected chi connectivity index (χ3v) is 3.14. The number of nitrogen functional groups attached to an aromatic ring is 1. The molecule has 1 unspecified atom stereocenters. The molecule has 3 N–H and O–H groups in total. The van der Waals surface area contributed by atoms with E-state index in [9.17, 15) is 9.50 Å². The molecule has 2 rings (SSSR count). The number of rotatable bonds is 2. The quantitative estimate of drug-likeness (QED) is 0.836. The molecule has 88 valence electrons. The summed E-state index contributed by atoms with van der Waals surface area (Å²) < 4.78 is 14.1. The van der Waals surface area contributed by atoms with Gasteiger partial charge in [0.25, 0.3) is 0 Å². The van der Waals surface area contributed by atoms with Crippen molar-refractivity contribution in [3.05, 3.63) is 63.9 Å². The summed E-state index contributed by atoms with van der Waals surface area (Å²) in [6.45, 7) is 0. The Labute approximate surface area is 107 Å². The molecule has 0 aliphatic rings. The highest BCUT2D eigenvalue weighted by molar-refractivity contribution is 9.10. The Morgan fingerprint density at radius 2 is 1.76 bits per heavy atom. The van der Waals surface area contributed by atoms with Gasteiger partial charge in [0, 0.05) is 11.3 Å². The van der Waals surface area contributed by atoms with Crippen molar-refractivity contribution in [1.29, 1.82) is 0 Å². The normalized spacial score (nSPS) is 12.4. The van der Waals surface area contributed by atoms with E-state index in [1.54, 1.807) is 42.5 Å². The maximum atomic E-state index is 13.8. The van der Waals surface area contributed by atoms with Crippen LogP contribution in [0.4, 0.5) is 10.1 Å². The Morgan fingerprint density at radius 1 is 1.12 bits per heavy atom. The number of halogens is 2. The van der Waals surface area contributed by atoms with Gasteiger partial charge in [0.15, 0.2) is 0 Å². The van der Waals surface area contributed by atoms with Gasteiger partial charge in [0.05, 0.1) is 4.47 Å². The fourth-order valence-electron chi connectivity index (χ4n) is 1.59. The molecular formula is C13H11BrFNO. The van der Waals surface area contributed by atoms with Gasteiger partial charge in [-0.15, -0.1) is 0 Å². The number of aliphatic hydroxyl groups excluding tert-OH is 1. The third kappa shape index (κ3) is 2.48. The molecule has 4 heteroatoms. The predicted molar refractivity (Wildman–Crippen MR) is 69.0 cm³/mol. The first-order valence-electron chi connectivity index (χ1n) is 5.07. The van der Waals surface area contributed by atoms with E-state index < -0.39 is 11.9 Å². The lowest BCUT2D eigenvalue weighted by molar-refractivity contribution is 0.215. The van der Waals surface area contributed by atoms with E-state index in [2.05, 4.69) is 15.9 Å². The number of anilines is 1. The Kier molecular flexibility index (Phi) is 3.45. The Morgan fingerprint density at radius 3 is 2.41 bits per heavy atom. The fraction of sp³-hybridized carbons (Fsp3) is 0.0769. The minimum absolute atomic E-state index is 0.240. The SMILES string of the molecule is Nc1ccc(C(O)c2cccc(Br)c2F)cc1. The van der Waals surface area contributed by atoms with Crippen LogP contribution in [0.15, 0.2) is 46.9 Å². The molecule has 0 saturated carbocycles. The lowest BCUT2D eigenvalue weighted by Crippen LogP contribution is -2.03. The van der Waals surface area contributed by atoms with Crippen molar-refractivity contribution in [2.75, 3.05) is 5.73 Å². The average molecular weight is 296 g/mol. The smallest absolute Gasteiger partial charge is 0.143 e. The van der Waals surface area contributed by atoms with E-state index in [-0.39, 0.29) is 5.56 Å². The lowest BCUT2D eigenvalue weighted by Gasteiger charge is -2.13. The van der Waals surface area contributed by atoms with E-state index in [1.807, 2.05) is 0 Å². The lowest BCUT2D eigenvalue weighted by atomic mass is 10.0. The molecular weight excluding hydrogens is 285 g/mol. The van der Waals surface area contributed by atoms with Gasteiger partial charge in [-0.2, -0.15) is 0 Å². The maximum Gasteiger partial charge on any atom is 0.143 e. The van der Waals surface area contributed by atoms with Crippen LogP contribution in [0.3, 0.4) is 0 Å². The molecule has 0 aliphatic heterocycles. The molecule has 0 bridgehead atoms. The van der Waals surface area contributed by atoms with Crippen LogP contribution in [0.25, 0.3) is 0 Å². The monoisotopic (exact) mass is 295 g/mol. The van der Waals surface area contributed by atoms with Crippen molar-refractivity contribution < 1.29 is 9.50 Å². The standard InChI is InChI=1S/C13H11BrFNO/c14-11-3-1-2-10(12(11)15)13(17)8-4-6-9(16)7-5-8/h1-7,13,17H,16H2. The van der Waals surface area contributed by atoms with Crippen LogP contribution >= 0.6 is 15.9 Å². The largest absolute Gasteiger partial charge is 0.399 e. The molecule has 0 spiro atoms. The topological polar surface area (TPSA) is 46.2 Å². The summed E-state index contributed by atoms with van der Waals surface area (Å²) in [7, 11) is 0. The van der Waals surface area contributed by atoms with Gasteiger partial charge in [0.1, 0.15) is 11.9 Å². The highest BCUT2D eigenvalue weighted by Gasteiger charge is 2.16. The van der Waals surface area contributed by atoms with Gasteiger partial charge in [-0.05, 0) is 39.7 Å². The van der Waals surface area contributed by atoms with Crippen molar-refractivity contribution in [3.8, 4) is 0 Å². The molecule has 0 saturated heterocycles. The Balaban J connectivity index is 2.40. The van der Waals surface area contributed by atoms with Crippen LogP contribution in [0.2, 0.25) is 0 Å². The summed E-state index contributed by atoms with van der Waals surface area (Å²) in [4.78, 5) is 0. The van der Waals surface area contributed by atoms with Crippen LogP contribution in [-0.2, 0) is 0 Å². The molecule has 0 aromatic heterocycles. The van der Waals surface area contributed by atoms with E-state index in [1.165, 1.54) is 0 Å². The molecule has 1 atom stereocenters. The molecule has 0 amide bonds. The fourth-order valence-corrected chi connectivity index (χ4v) is 1.97. The van der Waals surface area contributed by atoms with Crippen LogP contribution in [0, 0.1) is 5.82 Å². The first-order valence-corrected chi connectivity index (χ1v) is 5.86. The highest BCUT2D eigenvalue weighted by atomic mass is 79.9. The predicted octanol–water partition coefficient (Wildman–Crippen LogP) is 3.25. The van der Waals surface area contributed by atoms with E-state index in [4.69, 9.17) is 5.73 Å². The van der Waals surface area contributed by atoms with Gasteiger partial charge in [0.2, 0.25) is 0 Å². The zero-order valence-corrected chi connectivity index (χ0v) is 10.5. The van der Waals surface area contributed by atoms with Gasteiger partial charge < -0.3 is 10.8 Å². The molecule has 2 nitrogen and oxygen atoms in total. The van der Waals surface area contributed by atoms with Crippen molar-refractivity contribution in [1.82, 2.24) is 0 Å². The summed E-state index contributed by atoms with van der Waals surface area (Å²) in [5.74, 6) is -0.447. The minimum Gasteiger partial charge on any atom is -0.399 e. The number of benzene rings is 2. The molecule has 2 aromatic carbocycles.